The second-order valence-electron chi connectivity index (χ2n) is 7.77. The van der Waals surface area contributed by atoms with E-state index in [9.17, 15) is 0 Å². The third kappa shape index (κ3) is 3.15. The minimum Gasteiger partial charge on any atom is -0.334 e. The molecular weight excluding hydrogens is 362 g/mol. The van der Waals surface area contributed by atoms with Gasteiger partial charge in [0.1, 0.15) is 5.69 Å². The van der Waals surface area contributed by atoms with Crippen molar-refractivity contribution in [3.8, 4) is 28.4 Å². The van der Waals surface area contributed by atoms with Crippen LogP contribution in [0.5, 0.6) is 0 Å². The highest BCUT2D eigenvalue weighted by Crippen LogP contribution is 2.37. The maximum Gasteiger partial charge on any atom is 0.261 e. The van der Waals surface area contributed by atoms with Gasteiger partial charge in [-0.1, -0.05) is 60.5 Å². The third-order valence-corrected chi connectivity index (χ3v) is 5.73. The zero-order chi connectivity index (χ0) is 19.8. The monoisotopic (exact) mass is 385 g/mol. The molecular formula is C23H23N5O. The van der Waals surface area contributed by atoms with Gasteiger partial charge in [-0.3, -0.25) is 0 Å². The molecule has 1 fully saturated rings. The number of nitrogens with zero attached hydrogens (tertiary/aromatic N) is 4. The van der Waals surface area contributed by atoms with Crippen LogP contribution in [-0.2, 0) is 5.54 Å². The van der Waals surface area contributed by atoms with Crippen molar-refractivity contribution in [2.45, 2.75) is 38.1 Å². The Labute approximate surface area is 169 Å². The first-order valence-corrected chi connectivity index (χ1v) is 9.99. The fourth-order valence-electron chi connectivity index (χ4n) is 4.05. The Hall–Kier alpha value is -3.25. The van der Waals surface area contributed by atoms with Gasteiger partial charge in [0.15, 0.2) is 5.82 Å². The van der Waals surface area contributed by atoms with Gasteiger partial charge in [-0.2, -0.15) is 10.1 Å². The van der Waals surface area contributed by atoms with Crippen LogP contribution in [0.15, 0.2) is 65.3 Å². The molecule has 4 aromatic rings. The molecule has 5 rings (SSSR count). The standard InChI is InChI=1S/C23H23N5O/c1-16-9-5-6-12-18(16)20-19(15-28(26-20)17-10-3-2-4-11-17)21-25-22(27-29-21)23(24)13-7-8-14-23/h2-6,9-12,15H,7-8,13-14,24H2,1H3. The van der Waals surface area contributed by atoms with Crippen molar-refractivity contribution in [1.82, 2.24) is 19.9 Å². The quantitative estimate of drug-likeness (QED) is 0.554. The Kier molecular flexibility index (Phi) is 4.28. The van der Waals surface area contributed by atoms with E-state index in [4.69, 9.17) is 20.3 Å². The van der Waals surface area contributed by atoms with Crippen molar-refractivity contribution in [2.24, 2.45) is 5.73 Å². The molecule has 2 aromatic heterocycles. The molecule has 2 heterocycles. The van der Waals surface area contributed by atoms with E-state index in [1.807, 2.05) is 53.3 Å². The number of hydrogen-bond donors (Lipinski definition) is 1. The van der Waals surface area contributed by atoms with Crippen LogP contribution in [0.25, 0.3) is 28.4 Å². The summed E-state index contributed by atoms with van der Waals surface area (Å²) in [6.45, 7) is 2.08. The van der Waals surface area contributed by atoms with E-state index in [1.54, 1.807) is 0 Å². The molecule has 6 heteroatoms. The van der Waals surface area contributed by atoms with E-state index in [1.165, 1.54) is 0 Å². The normalized spacial score (nSPS) is 15.7. The van der Waals surface area contributed by atoms with Crippen LogP contribution in [0.1, 0.15) is 37.1 Å². The number of rotatable bonds is 4. The Morgan fingerprint density at radius 1 is 0.966 bits per heavy atom. The summed E-state index contributed by atoms with van der Waals surface area (Å²) in [6.07, 6.45) is 5.92. The predicted molar refractivity (Wildman–Crippen MR) is 111 cm³/mol. The van der Waals surface area contributed by atoms with Crippen LogP contribution < -0.4 is 5.73 Å². The van der Waals surface area contributed by atoms with Gasteiger partial charge in [0, 0.05) is 11.8 Å². The molecule has 1 aliphatic rings. The minimum absolute atomic E-state index is 0.456. The Bertz CT molecular complexity index is 1140. The van der Waals surface area contributed by atoms with Crippen LogP contribution in [-0.4, -0.2) is 19.9 Å². The van der Waals surface area contributed by atoms with Gasteiger partial charge in [0.2, 0.25) is 0 Å². The molecule has 1 aliphatic carbocycles. The highest BCUT2D eigenvalue weighted by atomic mass is 16.5. The maximum atomic E-state index is 6.54. The molecule has 0 unspecified atom stereocenters. The molecule has 0 saturated heterocycles. The van der Waals surface area contributed by atoms with Crippen LogP contribution in [0.3, 0.4) is 0 Å². The Morgan fingerprint density at radius 2 is 1.69 bits per heavy atom. The fourth-order valence-corrected chi connectivity index (χ4v) is 4.05. The number of para-hydroxylation sites is 1. The molecule has 0 aliphatic heterocycles. The number of benzene rings is 2. The number of aromatic nitrogens is 4. The Balaban J connectivity index is 1.65. The minimum atomic E-state index is -0.486. The lowest BCUT2D eigenvalue weighted by Crippen LogP contribution is -2.34. The molecule has 0 radical (unpaired) electrons. The van der Waals surface area contributed by atoms with Crippen LogP contribution in [0, 0.1) is 6.92 Å². The average molecular weight is 385 g/mol. The summed E-state index contributed by atoms with van der Waals surface area (Å²) in [7, 11) is 0. The Morgan fingerprint density at radius 3 is 2.45 bits per heavy atom. The van der Waals surface area contributed by atoms with Gasteiger partial charge in [-0.15, -0.1) is 0 Å². The van der Waals surface area contributed by atoms with E-state index in [0.717, 1.165) is 53.8 Å². The van der Waals surface area contributed by atoms with Gasteiger partial charge in [-0.05, 0) is 37.5 Å². The van der Waals surface area contributed by atoms with Gasteiger partial charge < -0.3 is 10.3 Å². The van der Waals surface area contributed by atoms with E-state index in [-0.39, 0.29) is 0 Å². The summed E-state index contributed by atoms with van der Waals surface area (Å²) in [5.41, 5.74) is 10.8. The lowest BCUT2D eigenvalue weighted by Gasteiger charge is -2.17. The van der Waals surface area contributed by atoms with Crippen molar-refractivity contribution in [3.63, 3.8) is 0 Å². The van der Waals surface area contributed by atoms with E-state index >= 15 is 0 Å². The molecule has 146 valence electrons. The molecule has 0 atom stereocenters. The van der Waals surface area contributed by atoms with Gasteiger partial charge in [0.25, 0.3) is 5.89 Å². The second-order valence-corrected chi connectivity index (χ2v) is 7.77. The van der Waals surface area contributed by atoms with Gasteiger partial charge in [0.05, 0.1) is 16.8 Å². The highest BCUT2D eigenvalue weighted by molar-refractivity contribution is 5.78. The summed E-state index contributed by atoms with van der Waals surface area (Å²) in [5, 5.41) is 9.11. The molecule has 1 saturated carbocycles. The molecule has 2 N–H and O–H groups in total. The maximum absolute atomic E-state index is 6.54. The highest BCUT2D eigenvalue weighted by Gasteiger charge is 2.36. The van der Waals surface area contributed by atoms with Gasteiger partial charge >= 0.3 is 0 Å². The lowest BCUT2D eigenvalue weighted by atomic mass is 9.98. The summed E-state index contributed by atoms with van der Waals surface area (Å²) >= 11 is 0. The van der Waals surface area contributed by atoms with E-state index in [0.29, 0.717) is 11.7 Å². The third-order valence-electron chi connectivity index (χ3n) is 5.73. The van der Waals surface area contributed by atoms with Crippen molar-refractivity contribution in [3.05, 3.63) is 72.2 Å². The predicted octanol–water partition coefficient (Wildman–Crippen LogP) is 4.63. The second kappa shape index (κ2) is 6.97. The first kappa shape index (κ1) is 17.8. The molecule has 0 spiro atoms. The zero-order valence-electron chi connectivity index (χ0n) is 16.4. The van der Waals surface area contributed by atoms with Crippen molar-refractivity contribution in [2.75, 3.05) is 0 Å². The number of aryl methyl sites for hydroxylation is 1. The topological polar surface area (TPSA) is 82.8 Å². The lowest BCUT2D eigenvalue weighted by molar-refractivity contribution is 0.372. The smallest absolute Gasteiger partial charge is 0.261 e. The average Bonchev–Trinajstić information content (AvgIpc) is 3.48. The number of hydrogen-bond acceptors (Lipinski definition) is 5. The summed E-state index contributed by atoms with van der Waals surface area (Å²) in [6, 6.07) is 18.2. The summed E-state index contributed by atoms with van der Waals surface area (Å²) in [4.78, 5) is 4.70. The van der Waals surface area contributed by atoms with Crippen LogP contribution in [0.2, 0.25) is 0 Å². The first-order valence-electron chi connectivity index (χ1n) is 9.99. The SMILES string of the molecule is Cc1ccccc1-c1nn(-c2ccccc2)cc1-c1nc(C2(N)CCCC2)no1. The van der Waals surface area contributed by atoms with Crippen molar-refractivity contribution >= 4 is 0 Å². The summed E-state index contributed by atoms with van der Waals surface area (Å²) < 4.78 is 7.54. The number of nitrogens with two attached hydrogens (primary N) is 1. The fraction of sp³-hybridized carbons (Fsp3) is 0.261. The first-order chi connectivity index (χ1) is 14.1. The molecule has 0 amide bonds. The van der Waals surface area contributed by atoms with Crippen LogP contribution in [0.4, 0.5) is 0 Å². The molecule has 2 aromatic carbocycles. The largest absolute Gasteiger partial charge is 0.334 e. The van der Waals surface area contributed by atoms with Crippen molar-refractivity contribution < 1.29 is 4.52 Å². The van der Waals surface area contributed by atoms with Crippen LogP contribution >= 0.6 is 0 Å². The summed E-state index contributed by atoms with van der Waals surface area (Å²) in [5.74, 6) is 1.05. The van der Waals surface area contributed by atoms with E-state index in [2.05, 4.69) is 24.2 Å². The zero-order valence-corrected chi connectivity index (χ0v) is 16.4. The van der Waals surface area contributed by atoms with Gasteiger partial charge in [-0.25, -0.2) is 4.68 Å². The molecule has 0 bridgehead atoms. The van der Waals surface area contributed by atoms with Crippen molar-refractivity contribution in [1.29, 1.82) is 0 Å². The molecule has 6 nitrogen and oxygen atoms in total. The molecule has 29 heavy (non-hydrogen) atoms. The van der Waals surface area contributed by atoms with E-state index < -0.39 is 5.54 Å².